The lowest BCUT2D eigenvalue weighted by Crippen LogP contribution is -2.59. The van der Waals surface area contributed by atoms with Gasteiger partial charge in [-0.05, 0) is 67.3 Å². The number of aliphatic hydroxyl groups excluding tert-OH is 1. The normalized spacial score (nSPS) is 48.4. The summed E-state index contributed by atoms with van der Waals surface area (Å²) >= 11 is 0. The number of ether oxygens (including phenoxy) is 2. The van der Waals surface area contributed by atoms with Crippen molar-refractivity contribution in [3.63, 3.8) is 0 Å². The highest BCUT2D eigenvalue weighted by molar-refractivity contribution is 5.68. The highest BCUT2D eigenvalue weighted by Crippen LogP contribution is 2.67. The maximum atomic E-state index is 11.9. The molecule has 2 N–H and O–H groups in total. The van der Waals surface area contributed by atoms with Gasteiger partial charge in [-0.25, -0.2) is 0 Å². The first kappa shape index (κ1) is 22.4. The zero-order valence-corrected chi connectivity index (χ0v) is 18.9. The highest BCUT2D eigenvalue weighted by Gasteiger charge is 2.66. The van der Waals surface area contributed by atoms with Crippen LogP contribution in [0.4, 0.5) is 0 Å². The summed E-state index contributed by atoms with van der Waals surface area (Å²) in [4.78, 5) is 23.5. The molecule has 6 heteroatoms. The van der Waals surface area contributed by atoms with Crippen molar-refractivity contribution >= 4 is 11.9 Å². The lowest BCUT2D eigenvalue weighted by molar-refractivity contribution is -0.173. The number of rotatable bonds is 2. The van der Waals surface area contributed by atoms with Gasteiger partial charge in [-0.1, -0.05) is 25.8 Å². The Bertz CT molecular complexity index is 857. The van der Waals surface area contributed by atoms with E-state index in [9.17, 15) is 19.8 Å². The van der Waals surface area contributed by atoms with Crippen molar-refractivity contribution in [2.45, 2.75) is 90.1 Å². The van der Waals surface area contributed by atoms with E-state index in [-0.39, 0.29) is 23.2 Å². The van der Waals surface area contributed by atoms with Crippen LogP contribution in [-0.2, 0) is 19.1 Å². The maximum Gasteiger partial charge on any atom is 0.303 e. The fraction of sp³-hybridized carbons (Fsp3) is 0.760. The summed E-state index contributed by atoms with van der Waals surface area (Å²) in [6.45, 7) is 6.97. The van der Waals surface area contributed by atoms with Crippen LogP contribution < -0.4 is 0 Å². The molecule has 3 saturated carbocycles. The van der Waals surface area contributed by atoms with E-state index in [2.05, 4.69) is 19.8 Å². The molecule has 170 valence electrons. The van der Waals surface area contributed by atoms with E-state index in [1.165, 1.54) is 13.8 Å². The SMILES string of the molecule is C#C[C@]1(O)CC[C@H]2[C@@H]3[C@@H](O)C=C4[C@@H](OC(C)=O)[C@@H](OC(C)=O)CC[C@]4(C)[C@H]3CC[C@@]21C. The Kier molecular flexibility index (Phi) is 5.30. The number of terminal acetylenes is 1. The average molecular weight is 431 g/mol. The number of carbonyl (C=O) groups is 2. The zero-order valence-electron chi connectivity index (χ0n) is 18.9. The number of carbonyl (C=O) groups excluding carboxylic acids is 2. The Morgan fingerprint density at radius 1 is 1.06 bits per heavy atom. The van der Waals surface area contributed by atoms with Gasteiger partial charge in [0.05, 0.1) is 6.10 Å². The Morgan fingerprint density at radius 3 is 2.32 bits per heavy atom. The van der Waals surface area contributed by atoms with Crippen molar-refractivity contribution in [1.29, 1.82) is 0 Å². The second-order valence-electron chi connectivity index (χ2n) is 10.5. The Balaban J connectivity index is 1.74. The minimum Gasteiger partial charge on any atom is -0.458 e. The molecule has 4 aliphatic rings. The third-order valence-corrected chi connectivity index (χ3v) is 9.15. The lowest BCUT2D eigenvalue weighted by atomic mass is 9.46. The van der Waals surface area contributed by atoms with E-state index in [0.29, 0.717) is 12.8 Å². The van der Waals surface area contributed by atoms with Gasteiger partial charge in [-0.2, -0.15) is 0 Å². The van der Waals surface area contributed by atoms with E-state index in [1.807, 2.05) is 6.08 Å². The molecular formula is C25H34O6. The summed E-state index contributed by atoms with van der Waals surface area (Å²) in [6, 6.07) is 0. The molecule has 0 amide bonds. The summed E-state index contributed by atoms with van der Waals surface area (Å²) in [5, 5.41) is 22.5. The smallest absolute Gasteiger partial charge is 0.303 e. The monoisotopic (exact) mass is 430 g/mol. The van der Waals surface area contributed by atoms with Crippen molar-refractivity contribution < 1.29 is 29.3 Å². The van der Waals surface area contributed by atoms with Crippen LogP contribution in [0.15, 0.2) is 11.6 Å². The van der Waals surface area contributed by atoms with E-state index in [1.54, 1.807) is 0 Å². The molecule has 0 aromatic rings. The summed E-state index contributed by atoms with van der Waals surface area (Å²) in [7, 11) is 0. The van der Waals surface area contributed by atoms with Crippen LogP contribution in [0.25, 0.3) is 0 Å². The van der Waals surface area contributed by atoms with Crippen molar-refractivity contribution in [3.05, 3.63) is 11.6 Å². The first-order chi connectivity index (χ1) is 14.5. The van der Waals surface area contributed by atoms with Crippen LogP contribution in [0.1, 0.15) is 66.2 Å². The molecule has 0 radical (unpaired) electrons. The molecule has 9 atom stereocenters. The number of hydrogen-bond donors (Lipinski definition) is 2. The molecule has 0 aromatic heterocycles. The van der Waals surface area contributed by atoms with E-state index in [4.69, 9.17) is 15.9 Å². The van der Waals surface area contributed by atoms with Gasteiger partial charge in [0.25, 0.3) is 0 Å². The van der Waals surface area contributed by atoms with Crippen molar-refractivity contribution in [2.24, 2.45) is 28.6 Å². The van der Waals surface area contributed by atoms with Gasteiger partial charge >= 0.3 is 11.9 Å². The summed E-state index contributed by atoms with van der Waals surface area (Å²) < 4.78 is 11.2. The van der Waals surface area contributed by atoms with Gasteiger partial charge in [-0.15, -0.1) is 6.42 Å². The van der Waals surface area contributed by atoms with Crippen molar-refractivity contribution in [1.82, 2.24) is 0 Å². The third-order valence-electron chi connectivity index (χ3n) is 9.15. The highest BCUT2D eigenvalue weighted by atomic mass is 16.6. The molecule has 0 unspecified atom stereocenters. The quantitative estimate of drug-likeness (QED) is 0.398. The molecule has 4 rings (SSSR count). The van der Waals surface area contributed by atoms with Crippen LogP contribution in [0, 0.1) is 40.9 Å². The Morgan fingerprint density at radius 2 is 1.71 bits per heavy atom. The van der Waals surface area contributed by atoms with Crippen molar-refractivity contribution in [3.8, 4) is 12.3 Å². The molecule has 0 aromatic carbocycles. The Hall–Kier alpha value is -1.84. The van der Waals surface area contributed by atoms with Crippen LogP contribution in [0.3, 0.4) is 0 Å². The minimum atomic E-state index is -1.14. The molecule has 0 saturated heterocycles. The molecule has 0 heterocycles. The van der Waals surface area contributed by atoms with Crippen LogP contribution in [-0.4, -0.2) is 46.1 Å². The van der Waals surface area contributed by atoms with Gasteiger partial charge in [0, 0.05) is 19.3 Å². The predicted octanol–water partition coefficient (Wildman–Crippen LogP) is 2.76. The number of fused-ring (bicyclic) bond motifs is 5. The van der Waals surface area contributed by atoms with Gasteiger partial charge in [0.15, 0.2) is 6.10 Å². The molecule has 31 heavy (non-hydrogen) atoms. The summed E-state index contributed by atoms with van der Waals surface area (Å²) in [6.07, 6.45) is 9.98. The molecule has 0 bridgehead atoms. The zero-order chi connectivity index (χ0) is 22.8. The number of esters is 2. The van der Waals surface area contributed by atoms with E-state index in [0.717, 1.165) is 31.3 Å². The third kappa shape index (κ3) is 3.15. The number of hydrogen-bond acceptors (Lipinski definition) is 6. The molecule has 3 fully saturated rings. The van der Waals surface area contributed by atoms with E-state index < -0.39 is 41.3 Å². The largest absolute Gasteiger partial charge is 0.458 e. The first-order valence-electron chi connectivity index (χ1n) is 11.4. The minimum absolute atomic E-state index is 0.0156. The molecule has 4 aliphatic carbocycles. The fourth-order valence-corrected chi connectivity index (χ4v) is 7.56. The van der Waals surface area contributed by atoms with Gasteiger partial charge in [0.1, 0.15) is 11.7 Å². The van der Waals surface area contributed by atoms with Crippen LogP contribution >= 0.6 is 0 Å². The van der Waals surface area contributed by atoms with Gasteiger partial charge < -0.3 is 19.7 Å². The molecule has 6 nitrogen and oxygen atoms in total. The number of aliphatic hydroxyl groups is 2. The standard InChI is InChI=1S/C25H34O6/c1-6-25(29)12-8-17-21-16(7-11-24(17,25)5)23(4)10-9-20(30-14(2)26)22(31-15(3)27)18(23)13-19(21)28/h1,13,16-17,19-22,28-29H,7-12H2,2-5H3/t16-,17-,19-,20-,21+,22+,23+,24-,25-/m0/s1. The second-order valence-corrected chi connectivity index (χ2v) is 10.5. The Labute approximate surface area is 184 Å². The van der Waals surface area contributed by atoms with Crippen LogP contribution in [0.2, 0.25) is 0 Å². The summed E-state index contributed by atoms with van der Waals surface area (Å²) in [5.74, 6) is 2.10. The van der Waals surface area contributed by atoms with Gasteiger partial charge in [-0.3, -0.25) is 9.59 Å². The molecule has 0 spiro atoms. The van der Waals surface area contributed by atoms with E-state index >= 15 is 0 Å². The van der Waals surface area contributed by atoms with Crippen molar-refractivity contribution in [2.75, 3.05) is 0 Å². The lowest BCUT2D eigenvalue weighted by Gasteiger charge is -2.60. The van der Waals surface area contributed by atoms with Crippen LogP contribution in [0.5, 0.6) is 0 Å². The summed E-state index contributed by atoms with van der Waals surface area (Å²) in [5.41, 5.74) is -0.974. The maximum absolute atomic E-state index is 11.9. The average Bonchev–Trinajstić information content (AvgIpc) is 2.96. The fourth-order valence-electron chi connectivity index (χ4n) is 7.56. The van der Waals surface area contributed by atoms with Gasteiger partial charge in [0.2, 0.25) is 0 Å². The second kappa shape index (κ2) is 7.35. The first-order valence-corrected chi connectivity index (χ1v) is 11.4. The predicted molar refractivity (Wildman–Crippen MR) is 113 cm³/mol. The molecule has 0 aliphatic heterocycles. The topological polar surface area (TPSA) is 93.1 Å². The molecular weight excluding hydrogens is 396 g/mol.